The summed E-state index contributed by atoms with van der Waals surface area (Å²) in [5.74, 6) is -0.631. The molecule has 168 valence electrons. The second-order valence-corrected chi connectivity index (χ2v) is 7.68. The van der Waals surface area contributed by atoms with Gasteiger partial charge in [0.15, 0.2) is 11.5 Å². The number of carbonyl (C=O) groups excluding carboxylic acids is 1. The first-order valence-electron chi connectivity index (χ1n) is 9.94. The van der Waals surface area contributed by atoms with Crippen LogP contribution in [0, 0.1) is 5.82 Å². The molecule has 0 radical (unpaired) electrons. The highest BCUT2D eigenvalue weighted by atomic mass is 35.5. The summed E-state index contributed by atoms with van der Waals surface area (Å²) >= 11 is 6.04. The predicted octanol–water partition coefficient (Wildman–Crippen LogP) is 3.96. The SMILES string of the molecule is CC(N)=CC(=Nc1cccc(Cl)c1)c1nn(-c2ccc(N3CCOC3=O)cc2F)ccc1=O. The molecule has 1 amide bonds. The van der Waals surface area contributed by atoms with Gasteiger partial charge < -0.3 is 10.5 Å². The first-order chi connectivity index (χ1) is 15.8. The molecule has 10 heteroatoms. The highest BCUT2D eigenvalue weighted by Gasteiger charge is 2.24. The number of hydrogen-bond donors (Lipinski definition) is 1. The van der Waals surface area contributed by atoms with Crippen molar-refractivity contribution in [2.45, 2.75) is 6.92 Å². The van der Waals surface area contributed by atoms with Crippen molar-refractivity contribution in [1.82, 2.24) is 9.78 Å². The number of amides is 1. The number of rotatable bonds is 5. The van der Waals surface area contributed by atoms with Gasteiger partial charge in [-0.25, -0.2) is 18.9 Å². The lowest BCUT2D eigenvalue weighted by molar-refractivity contribution is 0.181. The number of cyclic esters (lactones) is 1. The van der Waals surface area contributed by atoms with Gasteiger partial charge >= 0.3 is 6.09 Å². The van der Waals surface area contributed by atoms with Gasteiger partial charge in [-0.3, -0.25) is 9.69 Å². The number of aliphatic imine (C=N–C) groups is 1. The van der Waals surface area contributed by atoms with Gasteiger partial charge in [-0.05, 0) is 49.4 Å². The summed E-state index contributed by atoms with van der Waals surface area (Å²) in [5.41, 5.74) is 6.96. The summed E-state index contributed by atoms with van der Waals surface area (Å²) in [6.07, 6.45) is 2.33. The highest BCUT2D eigenvalue weighted by molar-refractivity contribution is 6.30. The molecular weight excluding hydrogens is 449 g/mol. The molecule has 1 saturated heterocycles. The second-order valence-electron chi connectivity index (χ2n) is 7.24. The highest BCUT2D eigenvalue weighted by Crippen LogP contribution is 2.24. The van der Waals surface area contributed by atoms with Crippen LogP contribution in [0.1, 0.15) is 12.6 Å². The van der Waals surface area contributed by atoms with Crippen LogP contribution in [0.15, 0.2) is 76.3 Å². The third kappa shape index (κ3) is 4.93. The molecule has 4 rings (SSSR count). The van der Waals surface area contributed by atoms with E-state index in [-0.39, 0.29) is 23.7 Å². The van der Waals surface area contributed by atoms with Crippen molar-refractivity contribution in [3.8, 4) is 5.69 Å². The zero-order chi connectivity index (χ0) is 23.5. The molecule has 1 fully saturated rings. The number of aromatic nitrogens is 2. The van der Waals surface area contributed by atoms with Crippen LogP contribution in [-0.2, 0) is 4.74 Å². The number of allylic oxidation sites excluding steroid dienone is 2. The van der Waals surface area contributed by atoms with Crippen molar-refractivity contribution in [3.63, 3.8) is 0 Å². The molecule has 1 aromatic heterocycles. The molecule has 0 bridgehead atoms. The zero-order valence-electron chi connectivity index (χ0n) is 17.5. The maximum atomic E-state index is 15.0. The Balaban J connectivity index is 1.77. The van der Waals surface area contributed by atoms with Gasteiger partial charge in [0.2, 0.25) is 5.43 Å². The molecule has 0 unspecified atom stereocenters. The van der Waals surface area contributed by atoms with E-state index in [4.69, 9.17) is 22.1 Å². The lowest BCUT2D eigenvalue weighted by Gasteiger charge is -2.15. The van der Waals surface area contributed by atoms with Gasteiger partial charge in [0.1, 0.15) is 12.3 Å². The first kappa shape index (κ1) is 22.2. The summed E-state index contributed by atoms with van der Waals surface area (Å²) < 4.78 is 21.1. The minimum Gasteiger partial charge on any atom is -0.447 e. The summed E-state index contributed by atoms with van der Waals surface area (Å²) in [7, 11) is 0. The minimum atomic E-state index is -0.631. The van der Waals surface area contributed by atoms with Crippen molar-refractivity contribution < 1.29 is 13.9 Å². The van der Waals surface area contributed by atoms with Gasteiger partial charge in [0.25, 0.3) is 0 Å². The van der Waals surface area contributed by atoms with Crippen LogP contribution in [0.5, 0.6) is 0 Å². The molecular formula is C23H19ClFN5O3. The Morgan fingerprint density at radius 2 is 2.06 bits per heavy atom. The monoisotopic (exact) mass is 467 g/mol. The van der Waals surface area contributed by atoms with Crippen molar-refractivity contribution in [3.05, 3.63) is 93.3 Å². The molecule has 33 heavy (non-hydrogen) atoms. The van der Waals surface area contributed by atoms with E-state index >= 15 is 0 Å². The molecule has 2 N–H and O–H groups in total. The lowest BCUT2D eigenvalue weighted by Crippen LogP contribution is -2.24. The van der Waals surface area contributed by atoms with Gasteiger partial charge in [-0.15, -0.1) is 0 Å². The fraction of sp³-hybridized carbons (Fsp3) is 0.130. The van der Waals surface area contributed by atoms with Crippen LogP contribution in [0.2, 0.25) is 5.02 Å². The normalized spacial score (nSPS) is 14.5. The Bertz CT molecular complexity index is 1350. The van der Waals surface area contributed by atoms with Crippen LogP contribution in [0.3, 0.4) is 0 Å². The smallest absolute Gasteiger partial charge is 0.414 e. The minimum absolute atomic E-state index is 0.0196. The second kappa shape index (κ2) is 9.25. The molecule has 0 saturated carbocycles. The van der Waals surface area contributed by atoms with E-state index in [2.05, 4.69) is 10.1 Å². The Morgan fingerprint density at radius 3 is 2.73 bits per heavy atom. The van der Waals surface area contributed by atoms with Crippen molar-refractivity contribution in [2.24, 2.45) is 10.7 Å². The predicted molar refractivity (Wildman–Crippen MR) is 124 cm³/mol. The lowest BCUT2D eigenvalue weighted by atomic mass is 10.2. The van der Waals surface area contributed by atoms with E-state index in [1.807, 2.05) is 0 Å². The topological polar surface area (TPSA) is 103 Å². The average molecular weight is 468 g/mol. The van der Waals surface area contributed by atoms with Crippen LogP contribution in [0.25, 0.3) is 5.69 Å². The Morgan fingerprint density at radius 1 is 1.24 bits per heavy atom. The van der Waals surface area contributed by atoms with Crippen molar-refractivity contribution in [1.29, 1.82) is 0 Å². The number of anilines is 1. The molecule has 1 aliphatic rings. The maximum Gasteiger partial charge on any atom is 0.414 e. The molecule has 1 aliphatic heterocycles. The van der Waals surface area contributed by atoms with Crippen molar-refractivity contribution in [2.75, 3.05) is 18.1 Å². The van der Waals surface area contributed by atoms with E-state index < -0.39 is 17.3 Å². The molecule has 0 aliphatic carbocycles. The molecule has 2 aromatic carbocycles. The van der Waals surface area contributed by atoms with Crippen molar-refractivity contribution >= 4 is 34.8 Å². The number of ether oxygens (including phenoxy) is 1. The van der Waals surface area contributed by atoms with Gasteiger partial charge in [-0.2, -0.15) is 5.10 Å². The Labute approximate surface area is 193 Å². The summed E-state index contributed by atoms with van der Waals surface area (Å²) in [4.78, 5) is 30.2. The van der Waals surface area contributed by atoms with E-state index in [0.29, 0.717) is 28.6 Å². The number of hydrogen-bond acceptors (Lipinski definition) is 6. The molecule has 0 spiro atoms. The first-order valence-corrected chi connectivity index (χ1v) is 10.3. The number of carbonyl (C=O) groups is 1. The average Bonchev–Trinajstić information content (AvgIpc) is 3.19. The maximum absolute atomic E-state index is 15.0. The summed E-state index contributed by atoms with van der Waals surface area (Å²) in [5, 5.41) is 4.79. The Kier molecular flexibility index (Phi) is 6.23. The fourth-order valence-corrected chi connectivity index (χ4v) is 3.44. The molecule has 8 nitrogen and oxygen atoms in total. The fourth-order valence-electron chi connectivity index (χ4n) is 3.25. The zero-order valence-corrected chi connectivity index (χ0v) is 18.3. The third-order valence-corrected chi connectivity index (χ3v) is 4.96. The number of halogens is 2. The van der Waals surface area contributed by atoms with E-state index in [1.54, 1.807) is 37.3 Å². The van der Waals surface area contributed by atoms with Crippen LogP contribution >= 0.6 is 11.6 Å². The van der Waals surface area contributed by atoms with E-state index in [1.165, 1.54) is 40.1 Å². The van der Waals surface area contributed by atoms with Gasteiger partial charge in [0, 0.05) is 23.0 Å². The largest absolute Gasteiger partial charge is 0.447 e. The number of benzene rings is 2. The van der Waals surface area contributed by atoms with Crippen LogP contribution < -0.4 is 16.1 Å². The van der Waals surface area contributed by atoms with Crippen LogP contribution in [-0.4, -0.2) is 34.7 Å². The summed E-state index contributed by atoms with van der Waals surface area (Å²) in [6.45, 7) is 2.23. The third-order valence-electron chi connectivity index (χ3n) is 4.72. The molecule has 0 atom stereocenters. The van der Waals surface area contributed by atoms with Gasteiger partial charge in [0.05, 0.1) is 23.6 Å². The number of nitrogens with zero attached hydrogens (tertiary/aromatic N) is 4. The Hall–Kier alpha value is -3.98. The number of nitrogens with two attached hydrogens (primary N) is 1. The standard InChI is InChI=1S/C23H19ClFN5O3/c1-14(26)11-19(27-16-4-2-3-15(24)12-16)22-21(31)7-8-30(28-22)20-6-5-17(13-18(20)25)29-9-10-33-23(29)32/h2-8,11-13H,9-10,26H2,1H3. The van der Waals surface area contributed by atoms with E-state index in [9.17, 15) is 14.0 Å². The van der Waals surface area contributed by atoms with E-state index in [0.717, 1.165) is 0 Å². The van der Waals surface area contributed by atoms with Crippen LogP contribution in [0.4, 0.5) is 20.6 Å². The molecule has 2 heterocycles. The molecule has 3 aromatic rings. The quantitative estimate of drug-likeness (QED) is 0.572. The summed E-state index contributed by atoms with van der Waals surface area (Å²) in [6, 6.07) is 12.3. The van der Waals surface area contributed by atoms with Gasteiger partial charge in [-0.1, -0.05) is 17.7 Å².